The maximum atomic E-state index is 2.08. The van der Waals surface area contributed by atoms with E-state index in [0.29, 0.717) is 0 Å². The van der Waals surface area contributed by atoms with Crippen LogP contribution in [0.25, 0.3) is 0 Å². The van der Waals surface area contributed by atoms with Crippen molar-refractivity contribution in [3.8, 4) is 0 Å². The van der Waals surface area contributed by atoms with Crippen molar-refractivity contribution in [2.75, 3.05) is 0 Å². The Morgan fingerprint density at radius 2 is 1.50 bits per heavy atom. The van der Waals surface area contributed by atoms with E-state index in [2.05, 4.69) is 19.9 Å². The third-order valence-corrected chi connectivity index (χ3v) is 0.577. The summed E-state index contributed by atoms with van der Waals surface area (Å²) in [6.45, 7) is 6.20. The molecule has 0 spiro atoms. The molecule has 0 N–H and O–H groups in total. The Morgan fingerprint density at radius 3 is 1.50 bits per heavy atom. The molecule has 0 aliphatic carbocycles. The summed E-state index contributed by atoms with van der Waals surface area (Å²) < 4.78 is 0. The molecule has 0 aromatic heterocycles. The van der Waals surface area contributed by atoms with Gasteiger partial charge in [0.15, 0.2) is 0 Å². The van der Waals surface area contributed by atoms with Gasteiger partial charge >= 0.3 is 18.9 Å². The van der Waals surface area contributed by atoms with Crippen molar-refractivity contribution in [3.05, 3.63) is 11.6 Å². The van der Waals surface area contributed by atoms with Crippen molar-refractivity contribution in [1.82, 2.24) is 0 Å². The molecule has 0 saturated carbocycles. The van der Waals surface area contributed by atoms with Crippen LogP contribution in [0.1, 0.15) is 20.8 Å². The van der Waals surface area contributed by atoms with Crippen molar-refractivity contribution >= 4 is 18.9 Å². The predicted molar refractivity (Wildman–Crippen MR) is 32.3 cm³/mol. The summed E-state index contributed by atoms with van der Waals surface area (Å²) in [5.74, 6) is 0. The summed E-state index contributed by atoms with van der Waals surface area (Å²) in [4.78, 5) is 0. The van der Waals surface area contributed by atoms with Crippen LogP contribution < -0.4 is 0 Å². The van der Waals surface area contributed by atoms with Crippen molar-refractivity contribution < 1.29 is 0 Å². The molecule has 0 radical (unpaired) electrons. The van der Waals surface area contributed by atoms with Crippen LogP contribution in [0.4, 0.5) is 0 Å². The Kier molecular flexibility index (Phi) is 8.54. The first-order valence-corrected chi connectivity index (χ1v) is 1.87. The van der Waals surface area contributed by atoms with Gasteiger partial charge in [0.05, 0.1) is 0 Å². The first-order chi connectivity index (χ1) is 2.27. The maximum absolute atomic E-state index is 2.08. The van der Waals surface area contributed by atoms with Crippen LogP contribution in [0, 0.1) is 0 Å². The number of rotatable bonds is 0. The first kappa shape index (κ1) is 9.60. The molecular weight excluding hydrogens is 67.0 g/mol. The van der Waals surface area contributed by atoms with E-state index in [0.717, 1.165) is 0 Å². The SMILES string of the molecule is CC=C(C)C.[LiH]. The minimum atomic E-state index is 0. The Morgan fingerprint density at radius 1 is 1.33 bits per heavy atom. The fourth-order valence-electron chi connectivity index (χ4n) is 0. The molecule has 6 heavy (non-hydrogen) atoms. The molecule has 0 fully saturated rings. The zero-order valence-corrected chi connectivity index (χ0v) is 4.08. The third-order valence-electron chi connectivity index (χ3n) is 0.577. The summed E-state index contributed by atoms with van der Waals surface area (Å²) >= 11 is 0. The van der Waals surface area contributed by atoms with Crippen molar-refractivity contribution in [3.63, 3.8) is 0 Å². The monoisotopic (exact) mass is 78.1 g/mol. The number of hydrogen-bond donors (Lipinski definition) is 0. The molecule has 0 aliphatic heterocycles. The summed E-state index contributed by atoms with van der Waals surface area (Å²) in [6.07, 6.45) is 2.08. The molecule has 0 saturated heterocycles. The molecule has 0 aromatic rings. The van der Waals surface area contributed by atoms with Crippen LogP contribution in [0.15, 0.2) is 11.6 Å². The molecule has 0 nitrogen and oxygen atoms in total. The molecule has 0 bridgehead atoms. The zero-order valence-electron chi connectivity index (χ0n) is 4.08. The van der Waals surface area contributed by atoms with Gasteiger partial charge in [0.25, 0.3) is 0 Å². The van der Waals surface area contributed by atoms with Crippen LogP contribution in [-0.2, 0) is 0 Å². The van der Waals surface area contributed by atoms with E-state index in [1.54, 1.807) is 0 Å². The fraction of sp³-hybridized carbons (Fsp3) is 0.600. The molecule has 32 valence electrons. The fourth-order valence-corrected chi connectivity index (χ4v) is 0. The van der Waals surface area contributed by atoms with Gasteiger partial charge in [-0.3, -0.25) is 0 Å². The van der Waals surface area contributed by atoms with Gasteiger partial charge in [-0.25, -0.2) is 0 Å². The second-order valence-corrected chi connectivity index (χ2v) is 1.37. The second-order valence-electron chi connectivity index (χ2n) is 1.37. The average Bonchev–Trinajstić information content (AvgIpc) is 1.38. The summed E-state index contributed by atoms with van der Waals surface area (Å²) in [7, 11) is 0. The summed E-state index contributed by atoms with van der Waals surface area (Å²) in [5, 5.41) is 0. The van der Waals surface area contributed by atoms with E-state index >= 15 is 0 Å². The van der Waals surface area contributed by atoms with E-state index in [4.69, 9.17) is 0 Å². The van der Waals surface area contributed by atoms with E-state index < -0.39 is 0 Å². The second kappa shape index (κ2) is 5.34. The van der Waals surface area contributed by atoms with Crippen molar-refractivity contribution in [2.24, 2.45) is 0 Å². The first-order valence-electron chi connectivity index (χ1n) is 1.87. The molecule has 1 heteroatoms. The van der Waals surface area contributed by atoms with Gasteiger partial charge < -0.3 is 0 Å². The van der Waals surface area contributed by atoms with Gasteiger partial charge in [-0.1, -0.05) is 11.6 Å². The topological polar surface area (TPSA) is 0 Å². The predicted octanol–water partition coefficient (Wildman–Crippen LogP) is 1.32. The molecular formula is C5H11Li. The van der Waals surface area contributed by atoms with E-state index in [-0.39, 0.29) is 18.9 Å². The van der Waals surface area contributed by atoms with Crippen LogP contribution in [0.2, 0.25) is 0 Å². The molecule has 0 amide bonds. The van der Waals surface area contributed by atoms with Crippen LogP contribution >= 0.6 is 0 Å². The Labute approximate surface area is 51.8 Å². The van der Waals surface area contributed by atoms with Gasteiger partial charge in [-0.15, -0.1) is 0 Å². The molecule has 0 aromatic carbocycles. The normalized spacial score (nSPS) is 5.83. The van der Waals surface area contributed by atoms with E-state index in [1.165, 1.54) is 5.57 Å². The van der Waals surface area contributed by atoms with E-state index in [1.807, 2.05) is 6.92 Å². The Balaban J connectivity index is 0. The van der Waals surface area contributed by atoms with Crippen molar-refractivity contribution in [1.29, 1.82) is 0 Å². The van der Waals surface area contributed by atoms with Gasteiger partial charge in [0, 0.05) is 0 Å². The molecule has 0 unspecified atom stereocenters. The zero-order chi connectivity index (χ0) is 4.28. The van der Waals surface area contributed by atoms with Gasteiger partial charge in [0.2, 0.25) is 0 Å². The number of hydrogen-bond acceptors (Lipinski definition) is 0. The van der Waals surface area contributed by atoms with Gasteiger partial charge in [-0.05, 0) is 20.8 Å². The Bertz CT molecular complexity index is 41.9. The average molecular weight is 78.1 g/mol. The number of allylic oxidation sites excluding steroid dienone is 2. The summed E-state index contributed by atoms with van der Waals surface area (Å²) in [5.41, 5.74) is 1.38. The van der Waals surface area contributed by atoms with Crippen LogP contribution in [0.5, 0.6) is 0 Å². The van der Waals surface area contributed by atoms with Gasteiger partial charge in [0.1, 0.15) is 0 Å². The van der Waals surface area contributed by atoms with E-state index in [9.17, 15) is 0 Å². The quantitative estimate of drug-likeness (QED) is 0.303. The third kappa shape index (κ3) is 8.84. The Hall–Kier alpha value is 0.337. The van der Waals surface area contributed by atoms with Crippen molar-refractivity contribution in [2.45, 2.75) is 20.8 Å². The molecule has 0 heterocycles. The van der Waals surface area contributed by atoms with Crippen LogP contribution in [0.3, 0.4) is 0 Å². The van der Waals surface area contributed by atoms with Gasteiger partial charge in [-0.2, -0.15) is 0 Å². The standard InChI is InChI=1S/C5H10.Li.H/c1-4-5(2)3;;/h4H,1-3H3;;. The summed E-state index contributed by atoms with van der Waals surface area (Å²) in [6, 6.07) is 0. The molecule has 0 rings (SSSR count). The molecule has 0 atom stereocenters. The van der Waals surface area contributed by atoms with Crippen LogP contribution in [-0.4, -0.2) is 18.9 Å². The minimum absolute atomic E-state index is 0. The molecule has 0 aliphatic rings.